The number of rotatable bonds is 4. The van der Waals surface area contributed by atoms with Gasteiger partial charge < -0.3 is 14.9 Å². The van der Waals surface area contributed by atoms with E-state index in [1.165, 1.54) is 0 Å². The summed E-state index contributed by atoms with van der Waals surface area (Å²) in [5.74, 6) is -0.935. The second kappa shape index (κ2) is 5.31. The number of amides is 2. The summed E-state index contributed by atoms with van der Waals surface area (Å²) in [5.41, 5.74) is 0. The molecule has 1 unspecified atom stereocenters. The van der Waals surface area contributed by atoms with E-state index in [1.54, 1.807) is 9.80 Å². The lowest BCUT2D eigenvalue weighted by atomic mass is 9.92. The van der Waals surface area contributed by atoms with Crippen molar-refractivity contribution in [2.45, 2.75) is 26.2 Å². The fourth-order valence-electron chi connectivity index (χ4n) is 3.77. The summed E-state index contributed by atoms with van der Waals surface area (Å²) < 4.78 is 0. The Balaban J connectivity index is 1.66. The van der Waals surface area contributed by atoms with Gasteiger partial charge in [0.1, 0.15) is 0 Å². The summed E-state index contributed by atoms with van der Waals surface area (Å²) in [7, 11) is 0. The molecular formula is C15H22N2O4. The molecule has 0 aromatic heterocycles. The van der Waals surface area contributed by atoms with Crippen LogP contribution in [0, 0.1) is 23.7 Å². The molecule has 1 saturated carbocycles. The molecule has 2 saturated heterocycles. The lowest BCUT2D eigenvalue weighted by Crippen LogP contribution is -2.36. The molecule has 0 radical (unpaired) electrons. The van der Waals surface area contributed by atoms with E-state index in [1.807, 2.05) is 6.92 Å². The van der Waals surface area contributed by atoms with Crippen LogP contribution >= 0.6 is 0 Å². The normalized spacial score (nSPS) is 32.8. The molecule has 0 spiro atoms. The summed E-state index contributed by atoms with van der Waals surface area (Å²) in [6, 6.07) is 0. The van der Waals surface area contributed by atoms with Crippen molar-refractivity contribution in [1.82, 2.24) is 9.80 Å². The Morgan fingerprint density at radius 2 is 1.95 bits per heavy atom. The van der Waals surface area contributed by atoms with Crippen molar-refractivity contribution in [2.75, 3.05) is 26.2 Å². The minimum Gasteiger partial charge on any atom is -0.481 e. The predicted molar refractivity (Wildman–Crippen MR) is 74.3 cm³/mol. The van der Waals surface area contributed by atoms with E-state index in [0.717, 1.165) is 12.8 Å². The minimum atomic E-state index is -0.792. The zero-order valence-corrected chi connectivity index (χ0v) is 12.3. The smallest absolute Gasteiger partial charge is 0.308 e. The van der Waals surface area contributed by atoms with Gasteiger partial charge >= 0.3 is 5.97 Å². The van der Waals surface area contributed by atoms with Gasteiger partial charge in [0.15, 0.2) is 0 Å². The molecule has 0 aromatic carbocycles. The van der Waals surface area contributed by atoms with Gasteiger partial charge in [-0.2, -0.15) is 0 Å². The topological polar surface area (TPSA) is 77.9 Å². The van der Waals surface area contributed by atoms with Crippen LogP contribution < -0.4 is 0 Å². The summed E-state index contributed by atoms with van der Waals surface area (Å²) in [6.07, 6.45) is 2.44. The van der Waals surface area contributed by atoms with Crippen LogP contribution in [-0.2, 0) is 14.4 Å². The average Bonchev–Trinajstić information content (AvgIpc) is 3.08. The maximum Gasteiger partial charge on any atom is 0.308 e. The third kappa shape index (κ3) is 2.63. The Kier molecular flexibility index (Phi) is 3.63. The Bertz CT molecular complexity index is 474. The van der Waals surface area contributed by atoms with Gasteiger partial charge in [0.05, 0.1) is 11.8 Å². The van der Waals surface area contributed by atoms with E-state index in [4.69, 9.17) is 0 Å². The molecule has 2 amide bonds. The Labute approximate surface area is 124 Å². The third-order valence-electron chi connectivity index (χ3n) is 5.17. The van der Waals surface area contributed by atoms with Gasteiger partial charge in [-0.25, -0.2) is 0 Å². The van der Waals surface area contributed by atoms with Crippen LogP contribution in [0.3, 0.4) is 0 Å². The van der Waals surface area contributed by atoms with Gasteiger partial charge in [0.2, 0.25) is 11.8 Å². The molecule has 3 rings (SSSR count). The zero-order valence-electron chi connectivity index (χ0n) is 12.3. The van der Waals surface area contributed by atoms with Gasteiger partial charge in [-0.15, -0.1) is 0 Å². The van der Waals surface area contributed by atoms with Gasteiger partial charge in [0.25, 0.3) is 0 Å². The fourth-order valence-corrected chi connectivity index (χ4v) is 3.77. The second-order valence-electron chi connectivity index (χ2n) is 6.52. The molecule has 0 aromatic rings. The van der Waals surface area contributed by atoms with Crippen LogP contribution in [-0.4, -0.2) is 58.9 Å². The first kappa shape index (κ1) is 14.4. The van der Waals surface area contributed by atoms with E-state index in [2.05, 4.69) is 0 Å². The molecule has 21 heavy (non-hydrogen) atoms. The number of carboxylic acid groups (broad SMARTS) is 1. The van der Waals surface area contributed by atoms with E-state index in [0.29, 0.717) is 32.1 Å². The number of carboxylic acids is 1. The molecule has 3 aliphatic rings. The van der Waals surface area contributed by atoms with Crippen molar-refractivity contribution in [2.24, 2.45) is 23.7 Å². The lowest BCUT2D eigenvalue weighted by molar-refractivity contribution is -0.143. The van der Waals surface area contributed by atoms with Crippen LogP contribution in [0.5, 0.6) is 0 Å². The summed E-state index contributed by atoms with van der Waals surface area (Å²) in [6.45, 7) is 3.88. The number of carbonyl (C=O) groups is 3. The number of likely N-dealkylation sites (tertiary alicyclic amines) is 2. The van der Waals surface area contributed by atoms with Crippen molar-refractivity contribution >= 4 is 17.8 Å². The van der Waals surface area contributed by atoms with Gasteiger partial charge in [-0.05, 0) is 31.6 Å². The Morgan fingerprint density at radius 3 is 2.48 bits per heavy atom. The fraction of sp³-hybridized carbons (Fsp3) is 0.800. The van der Waals surface area contributed by atoms with Crippen LogP contribution in [0.15, 0.2) is 0 Å². The highest BCUT2D eigenvalue weighted by atomic mass is 16.4. The molecule has 1 aliphatic carbocycles. The quantitative estimate of drug-likeness (QED) is 0.815. The third-order valence-corrected chi connectivity index (χ3v) is 5.17. The first-order valence-electron chi connectivity index (χ1n) is 7.80. The maximum absolute atomic E-state index is 12.6. The second-order valence-corrected chi connectivity index (χ2v) is 6.52. The summed E-state index contributed by atoms with van der Waals surface area (Å²) >= 11 is 0. The number of aliphatic carboxylic acids is 1. The molecule has 2 aliphatic heterocycles. The van der Waals surface area contributed by atoms with Crippen molar-refractivity contribution in [3.63, 3.8) is 0 Å². The summed E-state index contributed by atoms with van der Waals surface area (Å²) in [4.78, 5) is 39.1. The first-order chi connectivity index (χ1) is 10.0. The molecule has 6 nitrogen and oxygen atoms in total. The van der Waals surface area contributed by atoms with Gasteiger partial charge in [0, 0.05) is 32.6 Å². The van der Waals surface area contributed by atoms with E-state index < -0.39 is 11.9 Å². The number of hydrogen-bond donors (Lipinski definition) is 1. The summed E-state index contributed by atoms with van der Waals surface area (Å²) in [5, 5.41) is 9.35. The highest BCUT2D eigenvalue weighted by Crippen LogP contribution is 2.44. The molecule has 6 heteroatoms. The molecule has 116 valence electrons. The first-order valence-corrected chi connectivity index (χ1v) is 7.80. The van der Waals surface area contributed by atoms with E-state index in [-0.39, 0.29) is 30.1 Å². The largest absolute Gasteiger partial charge is 0.481 e. The number of carbonyl (C=O) groups excluding carboxylic acids is 2. The molecule has 0 bridgehead atoms. The lowest BCUT2D eigenvalue weighted by Gasteiger charge is -2.20. The van der Waals surface area contributed by atoms with Crippen molar-refractivity contribution in [3.8, 4) is 0 Å². The highest BCUT2D eigenvalue weighted by Gasteiger charge is 2.48. The van der Waals surface area contributed by atoms with Crippen LogP contribution in [0.4, 0.5) is 0 Å². The van der Waals surface area contributed by atoms with Gasteiger partial charge in [-0.3, -0.25) is 14.4 Å². The number of nitrogens with zero attached hydrogens (tertiary/aromatic N) is 2. The highest BCUT2D eigenvalue weighted by molar-refractivity contribution is 5.89. The van der Waals surface area contributed by atoms with Crippen molar-refractivity contribution in [3.05, 3.63) is 0 Å². The van der Waals surface area contributed by atoms with E-state index in [9.17, 15) is 19.5 Å². The number of hydrogen-bond acceptors (Lipinski definition) is 3. The minimum absolute atomic E-state index is 0.0311. The van der Waals surface area contributed by atoms with Crippen LogP contribution in [0.2, 0.25) is 0 Å². The molecule has 1 N–H and O–H groups in total. The zero-order chi connectivity index (χ0) is 15.1. The van der Waals surface area contributed by atoms with Crippen molar-refractivity contribution < 1.29 is 19.5 Å². The predicted octanol–water partition coefficient (Wildman–Crippen LogP) is 0.424. The van der Waals surface area contributed by atoms with Crippen LogP contribution in [0.25, 0.3) is 0 Å². The maximum atomic E-state index is 12.6. The Morgan fingerprint density at radius 1 is 1.24 bits per heavy atom. The van der Waals surface area contributed by atoms with E-state index >= 15 is 0 Å². The molecule has 3 fully saturated rings. The molecular weight excluding hydrogens is 272 g/mol. The van der Waals surface area contributed by atoms with Gasteiger partial charge in [-0.1, -0.05) is 0 Å². The Hall–Kier alpha value is -1.59. The molecule has 3 atom stereocenters. The standard InChI is InChI=1S/C15H22N2O4/c1-2-16-6-10(5-13(16)18)14(19)17-7-11(9-3-4-9)12(8-17)15(20)21/h9-12H,2-8H2,1H3,(H,20,21)/t10?,11-,12+/m1/s1. The molecule has 2 heterocycles. The van der Waals surface area contributed by atoms with Crippen LogP contribution in [0.1, 0.15) is 26.2 Å². The van der Waals surface area contributed by atoms with Crippen molar-refractivity contribution in [1.29, 1.82) is 0 Å². The monoisotopic (exact) mass is 294 g/mol. The SMILES string of the molecule is CCN1CC(C(=O)N2C[C@H](C(=O)O)[C@@H](C3CC3)C2)CC1=O. The average molecular weight is 294 g/mol.